The summed E-state index contributed by atoms with van der Waals surface area (Å²) in [6.07, 6.45) is 33.2. The van der Waals surface area contributed by atoms with Crippen molar-refractivity contribution >= 4 is 11.9 Å². The second-order valence-electron chi connectivity index (χ2n) is 15.9. The summed E-state index contributed by atoms with van der Waals surface area (Å²) in [5.74, 6) is -0.808. The van der Waals surface area contributed by atoms with Crippen LogP contribution in [0.25, 0.3) is 0 Å². The van der Waals surface area contributed by atoms with Crippen molar-refractivity contribution in [1.29, 1.82) is 0 Å². The standard InChI is InChI=1S/C46H84O10/c1-3-5-7-9-11-13-15-17-19-20-21-23-25-27-29-31-33-35-42(49)55-39(38-54-46-45(52)44(51)43(50)40(36-47)56-46)37-53-41(48)34-32-30-28-26-24-22-18-16-14-12-10-8-6-4-2/h11,13,17,19,39-40,43-47,50-52H,3-10,12,14-16,18,20-38H2,1-2H3/b13-11-,19-17-. The van der Waals surface area contributed by atoms with Crippen LogP contribution < -0.4 is 0 Å². The number of hydrogen-bond donors (Lipinski definition) is 4. The van der Waals surface area contributed by atoms with Gasteiger partial charge in [0.1, 0.15) is 31.0 Å². The smallest absolute Gasteiger partial charge is 0.306 e. The van der Waals surface area contributed by atoms with Crippen molar-refractivity contribution in [3.63, 3.8) is 0 Å². The average molecular weight is 797 g/mol. The summed E-state index contributed by atoms with van der Waals surface area (Å²) in [6, 6.07) is 0. The Morgan fingerprint density at radius 1 is 0.554 bits per heavy atom. The Morgan fingerprint density at radius 3 is 1.52 bits per heavy atom. The zero-order chi connectivity index (χ0) is 40.9. The number of carbonyl (C=O) groups excluding carboxylic acids is 2. The largest absolute Gasteiger partial charge is 0.462 e. The monoisotopic (exact) mass is 797 g/mol. The van der Waals surface area contributed by atoms with Crippen molar-refractivity contribution in [2.24, 2.45) is 0 Å². The molecule has 1 aliphatic heterocycles. The Kier molecular flexibility index (Phi) is 34.9. The van der Waals surface area contributed by atoms with Crippen LogP contribution in [0, 0.1) is 0 Å². The van der Waals surface area contributed by atoms with Gasteiger partial charge in [-0.05, 0) is 44.9 Å². The fourth-order valence-electron chi connectivity index (χ4n) is 6.92. The lowest BCUT2D eigenvalue weighted by molar-refractivity contribution is -0.305. The zero-order valence-electron chi connectivity index (χ0n) is 35.6. The van der Waals surface area contributed by atoms with Crippen LogP contribution in [-0.4, -0.2) is 89.0 Å². The maximum Gasteiger partial charge on any atom is 0.306 e. The van der Waals surface area contributed by atoms with Gasteiger partial charge >= 0.3 is 11.9 Å². The van der Waals surface area contributed by atoms with E-state index in [0.717, 1.165) is 51.4 Å². The van der Waals surface area contributed by atoms with Gasteiger partial charge < -0.3 is 39.4 Å². The van der Waals surface area contributed by atoms with Gasteiger partial charge in [0.15, 0.2) is 12.4 Å². The van der Waals surface area contributed by atoms with Crippen molar-refractivity contribution in [2.75, 3.05) is 19.8 Å². The van der Waals surface area contributed by atoms with Crippen molar-refractivity contribution in [3.8, 4) is 0 Å². The van der Waals surface area contributed by atoms with Gasteiger partial charge in [0.2, 0.25) is 0 Å². The first-order valence-corrected chi connectivity index (χ1v) is 22.9. The summed E-state index contributed by atoms with van der Waals surface area (Å²) in [5, 5.41) is 40.1. The highest BCUT2D eigenvalue weighted by Gasteiger charge is 2.44. The Hall–Kier alpha value is -1.82. The molecular weight excluding hydrogens is 712 g/mol. The van der Waals surface area contributed by atoms with E-state index in [9.17, 15) is 30.0 Å². The molecule has 1 rings (SSSR count). The highest BCUT2D eigenvalue weighted by Crippen LogP contribution is 2.23. The first kappa shape index (κ1) is 52.2. The number of carbonyl (C=O) groups is 2. The number of hydrogen-bond acceptors (Lipinski definition) is 10. The van der Waals surface area contributed by atoms with Crippen LogP contribution >= 0.6 is 0 Å². The molecule has 1 heterocycles. The number of aliphatic hydroxyl groups excluding tert-OH is 4. The minimum atomic E-state index is -1.59. The number of esters is 2. The van der Waals surface area contributed by atoms with Gasteiger partial charge in [0, 0.05) is 12.8 Å². The molecule has 6 unspecified atom stereocenters. The topological polar surface area (TPSA) is 152 Å². The lowest BCUT2D eigenvalue weighted by atomic mass is 9.99. The molecule has 1 aliphatic rings. The summed E-state index contributed by atoms with van der Waals surface area (Å²) < 4.78 is 22.2. The highest BCUT2D eigenvalue weighted by atomic mass is 16.7. The van der Waals surface area contributed by atoms with Crippen LogP contribution in [0.3, 0.4) is 0 Å². The molecule has 0 amide bonds. The number of unbranched alkanes of at least 4 members (excludes halogenated alkanes) is 23. The SMILES string of the molecule is CCCCC/C=C\C/C=C\CCCCCCCCCC(=O)OC(COC(=O)CCCCCCCCCCCCCCCC)COC1OC(CO)C(O)C(O)C1O. The Labute approximate surface area is 341 Å². The van der Waals surface area contributed by atoms with E-state index in [2.05, 4.69) is 38.2 Å². The van der Waals surface area contributed by atoms with Gasteiger partial charge in [-0.1, -0.05) is 167 Å². The predicted octanol–water partition coefficient (Wildman–Crippen LogP) is 9.72. The van der Waals surface area contributed by atoms with Crippen LogP contribution in [0.4, 0.5) is 0 Å². The van der Waals surface area contributed by atoms with E-state index in [1.807, 2.05) is 0 Å². The molecule has 6 atom stereocenters. The van der Waals surface area contributed by atoms with Gasteiger partial charge in [0.05, 0.1) is 13.2 Å². The molecule has 0 saturated carbocycles. The molecule has 0 aliphatic carbocycles. The van der Waals surface area contributed by atoms with E-state index in [-0.39, 0.29) is 32.0 Å². The van der Waals surface area contributed by atoms with Gasteiger partial charge in [0.25, 0.3) is 0 Å². The molecule has 10 nitrogen and oxygen atoms in total. The molecule has 0 spiro atoms. The van der Waals surface area contributed by atoms with Crippen LogP contribution in [0.5, 0.6) is 0 Å². The normalized spacial score (nSPS) is 20.6. The van der Waals surface area contributed by atoms with Crippen LogP contribution in [0.2, 0.25) is 0 Å². The van der Waals surface area contributed by atoms with Gasteiger partial charge in [-0.2, -0.15) is 0 Å². The van der Waals surface area contributed by atoms with Gasteiger partial charge in [-0.15, -0.1) is 0 Å². The number of ether oxygens (including phenoxy) is 4. The first-order chi connectivity index (χ1) is 27.3. The lowest BCUT2D eigenvalue weighted by Crippen LogP contribution is -2.59. The summed E-state index contributed by atoms with van der Waals surface area (Å²) in [7, 11) is 0. The minimum absolute atomic E-state index is 0.217. The Morgan fingerprint density at radius 2 is 1.00 bits per heavy atom. The highest BCUT2D eigenvalue weighted by molar-refractivity contribution is 5.70. The third kappa shape index (κ3) is 28.6. The van der Waals surface area contributed by atoms with E-state index in [1.165, 1.54) is 116 Å². The Balaban J connectivity index is 2.32. The third-order valence-corrected chi connectivity index (χ3v) is 10.6. The van der Waals surface area contributed by atoms with Gasteiger partial charge in [-0.25, -0.2) is 0 Å². The molecule has 0 bridgehead atoms. The number of aliphatic hydroxyl groups is 4. The predicted molar refractivity (Wildman–Crippen MR) is 224 cm³/mol. The molecule has 4 N–H and O–H groups in total. The molecular formula is C46H84O10. The maximum atomic E-state index is 12.8. The molecule has 1 saturated heterocycles. The molecule has 0 aromatic heterocycles. The summed E-state index contributed by atoms with van der Waals surface area (Å²) in [5.41, 5.74) is 0. The molecule has 328 valence electrons. The number of allylic oxidation sites excluding steroid dienone is 4. The second-order valence-corrected chi connectivity index (χ2v) is 15.9. The summed E-state index contributed by atoms with van der Waals surface area (Å²) in [6.45, 7) is 3.40. The fraction of sp³-hybridized carbons (Fsp3) is 0.870. The first-order valence-electron chi connectivity index (χ1n) is 22.9. The van der Waals surface area contributed by atoms with Crippen molar-refractivity contribution in [1.82, 2.24) is 0 Å². The molecule has 0 aromatic rings. The van der Waals surface area contributed by atoms with Crippen molar-refractivity contribution < 1.29 is 49.0 Å². The van der Waals surface area contributed by atoms with E-state index in [0.29, 0.717) is 6.42 Å². The van der Waals surface area contributed by atoms with E-state index in [1.54, 1.807) is 0 Å². The molecule has 10 heteroatoms. The van der Waals surface area contributed by atoms with Gasteiger partial charge in [-0.3, -0.25) is 9.59 Å². The van der Waals surface area contributed by atoms with E-state index in [4.69, 9.17) is 18.9 Å². The summed E-state index contributed by atoms with van der Waals surface area (Å²) in [4.78, 5) is 25.3. The average Bonchev–Trinajstić information content (AvgIpc) is 3.19. The van der Waals surface area contributed by atoms with Crippen molar-refractivity contribution in [2.45, 2.75) is 237 Å². The van der Waals surface area contributed by atoms with Crippen LogP contribution in [0.1, 0.15) is 200 Å². The third-order valence-electron chi connectivity index (χ3n) is 10.6. The molecule has 0 radical (unpaired) electrons. The van der Waals surface area contributed by atoms with E-state index < -0.39 is 49.4 Å². The van der Waals surface area contributed by atoms with Crippen LogP contribution in [-0.2, 0) is 28.5 Å². The Bertz CT molecular complexity index is 970. The minimum Gasteiger partial charge on any atom is -0.462 e. The zero-order valence-corrected chi connectivity index (χ0v) is 35.6. The number of rotatable bonds is 38. The summed E-state index contributed by atoms with van der Waals surface area (Å²) >= 11 is 0. The second kappa shape index (κ2) is 37.5. The molecule has 56 heavy (non-hydrogen) atoms. The van der Waals surface area contributed by atoms with Crippen LogP contribution in [0.15, 0.2) is 24.3 Å². The maximum absolute atomic E-state index is 12.8. The molecule has 0 aromatic carbocycles. The fourth-order valence-corrected chi connectivity index (χ4v) is 6.92. The lowest BCUT2D eigenvalue weighted by Gasteiger charge is -2.39. The quantitative estimate of drug-likeness (QED) is 0.0270. The van der Waals surface area contributed by atoms with E-state index >= 15 is 0 Å². The molecule has 1 fully saturated rings. The van der Waals surface area contributed by atoms with Crippen molar-refractivity contribution in [3.05, 3.63) is 24.3 Å².